The van der Waals surface area contributed by atoms with Gasteiger partial charge in [0.2, 0.25) is 0 Å². The minimum Gasteiger partial charge on any atom is -0.492 e. The molecule has 0 saturated heterocycles. The van der Waals surface area contributed by atoms with Crippen molar-refractivity contribution in [2.24, 2.45) is 0 Å². The van der Waals surface area contributed by atoms with Crippen molar-refractivity contribution in [3.05, 3.63) is 78.4 Å². The molecule has 0 bridgehead atoms. The van der Waals surface area contributed by atoms with Gasteiger partial charge in [0.05, 0.1) is 11.2 Å². The van der Waals surface area contributed by atoms with E-state index in [0.29, 0.717) is 13.2 Å². The molecule has 3 aromatic carbocycles. The molecule has 5 aromatic rings. The van der Waals surface area contributed by atoms with Crippen molar-refractivity contribution in [1.82, 2.24) is 20.1 Å². The molecule has 162 valence electrons. The van der Waals surface area contributed by atoms with E-state index in [4.69, 9.17) is 9.47 Å². The molecule has 0 aliphatic carbocycles. The second-order valence-electron chi connectivity index (χ2n) is 8.14. The molecule has 6 nitrogen and oxygen atoms in total. The number of hydrogen-bond donors (Lipinski definition) is 2. The summed E-state index contributed by atoms with van der Waals surface area (Å²) in [7, 11) is 4.08. The van der Waals surface area contributed by atoms with Crippen molar-refractivity contribution in [3.63, 3.8) is 0 Å². The predicted octanol–water partition coefficient (Wildman–Crippen LogP) is 5.23. The van der Waals surface area contributed by atoms with E-state index in [1.54, 1.807) is 0 Å². The van der Waals surface area contributed by atoms with Gasteiger partial charge in [0.15, 0.2) is 0 Å². The number of likely N-dealkylation sites (N-methyl/N-ethyl adjacent to an activating group) is 1. The predicted molar refractivity (Wildman–Crippen MR) is 128 cm³/mol. The highest BCUT2D eigenvalue weighted by Gasteiger charge is 2.13. The van der Waals surface area contributed by atoms with Crippen LogP contribution in [0.1, 0.15) is 5.56 Å². The normalized spacial score (nSPS) is 11.5. The lowest BCUT2D eigenvalue weighted by Gasteiger charge is -2.10. The van der Waals surface area contributed by atoms with Crippen LogP contribution in [-0.4, -0.2) is 47.3 Å². The summed E-state index contributed by atoms with van der Waals surface area (Å²) >= 11 is 0. The highest BCUT2D eigenvalue weighted by molar-refractivity contribution is 5.96. The zero-order chi connectivity index (χ0) is 21.9. The summed E-state index contributed by atoms with van der Waals surface area (Å²) in [6, 6.07) is 24.4. The summed E-state index contributed by atoms with van der Waals surface area (Å²) in [4.78, 5) is 5.60. The number of hydrogen-bond acceptors (Lipinski definition) is 4. The Balaban J connectivity index is 1.39. The highest BCUT2D eigenvalue weighted by Crippen LogP contribution is 2.32. The minimum atomic E-state index is 0.530. The number of nitrogens with one attached hydrogen (secondary N) is 2. The Hall–Kier alpha value is -3.77. The van der Waals surface area contributed by atoms with E-state index >= 15 is 0 Å². The van der Waals surface area contributed by atoms with Crippen LogP contribution < -0.4 is 9.47 Å². The smallest absolute Gasteiger partial charge is 0.121 e. The first-order valence-corrected chi connectivity index (χ1v) is 10.7. The van der Waals surface area contributed by atoms with Gasteiger partial charge in [-0.2, -0.15) is 5.10 Å². The zero-order valence-corrected chi connectivity index (χ0v) is 18.3. The van der Waals surface area contributed by atoms with E-state index in [2.05, 4.69) is 44.3 Å². The Labute approximate surface area is 186 Å². The molecule has 32 heavy (non-hydrogen) atoms. The zero-order valence-electron chi connectivity index (χ0n) is 18.3. The van der Waals surface area contributed by atoms with Crippen molar-refractivity contribution in [2.45, 2.75) is 6.61 Å². The molecule has 2 N–H and O–H groups in total. The van der Waals surface area contributed by atoms with Crippen molar-refractivity contribution < 1.29 is 9.47 Å². The number of H-pyrrole nitrogens is 2. The van der Waals surface area contributed by atoms with Crippen LogP contribution in [0, 0.1) is 0 Å². The number of ether oxygens (including phenoxy) is 2. The molecule has 0 unspecified atom stereocenters. The van der Waals surface area contributed by atoms with E-state index in [1.165, 1.54) is 0 Å². The van der Waals surface area contributed by atoms with Gasteiger partial charge in [-0.3, -0.25) is 5.10 Å². The third-order valence-electron chi connectivity index (χ3n) is 5.44. The molecular weight excluding hydrogens is 400 g/mol. The first-order valence-electron chi connectivity index (χ1n) is 10.7. The van der Waals surface area contributed by atoms with Crippen LogP contribution in [0.3, 0.4) is 0 Å². The van der Waals surface area contributed by atoms with Gasteiger partial charge in [-0.25, -0.2) is 0 Å². The lowest BCUT2D eigenvalue weighted by Crippen LogP contribution is -2.19. The highest BCUT2D eigenvalue weighted by atomic mass is 16.5. The Morgan fingerprint density at radius 1 is 0.844 bits per heavy atom. The number of aromatic amines is 2. The average Bonchev–Trinajstić information content (AvgIpc) is 3.41. The summed E-state index contributed by atoms with van der Waals surface area (Å²) in [5.74, 6) is 1.67. The number of benzene rings is 3. The van der Waals surface area contributed by atoms with Crippen LogP contribution in [0.4, 0.5) is 0 Å². The third kappa shape index (κ3) is 4.31. The first-order chi connectivity index (χ1) is 15.7. The molecule has 2 aromatic heterocycles. The monoisotopic (exact) mass is 426 g/mol. The van der Waals surface area contributed by atoms with Crippen LogP contribution in [0.5, 0.6) is 11.5 Å². The molecule has 0 aliphatic rings. The standard InChI is InChI=1S/C26H26N4O2/c1-30(2)12-13-31-21-9-8-19-14-25(27-24(19)16-21)26-22-15-20(10-11-23(22)28-29-26)32-17-18-6-4-3-5-7-18/h3-11,14-16,27H,12-13,17H2,1-2H3,(H,28,29). The van der Waals surface area contributed by atoms with E-state index < -0.39 is 0 Å². The number of rotatable bonds is 8. The molecule has 0 aliphatic heterocycles. The summed E-state index contributed by atoms with van der Waals surface area (Å²) < 4.78 is 11.9. The third-order valence-corrected chi connectivity index (χ3v) is 5.44. The Bertz CT molecular complexity index is 1340. The van der Waals surface area contributed by atoms with Crippen LogP contribution >= 0.6 is 0 Å². The fourth-order valence-corrected chi connectivity index (χ4v) is 3.70. The number of aromatic nitrogens is 3. The fraction of sp³-hybridized carbons (Fsp3) is 0.192. The van der Waals surface area contributed by atoms with Crippen molar-refractivity contribution in [2.75, 3.05) is 27.2 Å². The molecule has 0 amide bonds. The SMILES string of the molecule is CN(C)CCOc1ccc2cc(-c3n[nH]c4ccc(OCc5ccccc5)cc34)[nH]c2c1. The first kappa shape index (κ1) is 20.2. The van der Waals surface area contributed by atoms with Gasteiger partial charge < -0.3 is 19.4 Å². The Morgan fingerprint density at radius 2 is 1.66 bits per heavy atom. The topological polar surface area (TPSA) is 66.2 Å². The van der Waals surface area contributed by atoms with E-state index in [9.17, 15) is 0 Å². The largest absolute Gasteiger partial charge is 0.492 e. The fourth-order valence-electron chi connectivity index (χ4n) is 3.70. The number of fused-ring (bicyclic) bond motifs is 2. The van der Waals surface area contributed by atoms with Gasteiger partial charge in [0.1, 0.15) is 30.4 Å². The lowest BCUT2D eigenvalue weighted by atomic mass is 10.1. The van der Waals surface area contributed by atoms with E-state index in [-0.39, 0.29) is 0 Å². The van der Waals surface area contributed by atoms with Gasteiger partial charge in [-0.05, 0) is 56.1 Å². The Kier molecular flexibility index (Phi) is 5.52. The van der Waals surface area contributed by atoms with Crippen LogP contribution in [-0.2, 0) is 6.61 Å². The van der Waals surface area contributed by atoms with Gasteiger partial charge in [0.25, 0.3) is 0 Å². The molecule has 0 spiro atoms. The van der Waals surface area contributed by atoms with Crippen molar-refractivity contribution in [1.29, 1.82) is 0 Å². The van der Waals surface area contributed by atoms with E-state index in [0.717, 1.165) is 56.8 Å². The van der Waals surface area contributed by atoms with Gasteiger partial charge in [-0.1, -0.05) is 30.3 Å². The van der Waals surface area contributed by atoms with Crippen LogP contribution in [0.2, 0.25) is 0 Å². The van der Waals surface area contributed by atoms with Crippen molar-refractivity contribution in [3.8, 4) is 22.9 Å². The molecule has 0 fully saturated rings. The molecule has 0 radical (unpaired) electrons. The van der Waals surface area contributed by atoms with Crippen LogP contribution in [0.25, 0.3) is 33.2 Å². The summed E-state index contributed by atoms with van der Waals surface area (Å²) in [5, 5.41) is 9.83. The lowest BCUT2D eigenvalue weighted by molar-refractivity contribution is 0.261. The summed E-state index contributed by atoms with van der Waals surface area (Å²) in [6.45, 7) is 2.06. The maximum absolute atomic E-state index is 6.02. The second-order valence-corrected chi connectivity index (χ2v) is 8.14. The molecule has 5 rings (SSSR count). The molecule has 0 saturated carbocycles. The quantitative estimate of drug-likeness (QED) is 0.357. The maximum Gasteiger partial charge on any atom is 0.121 e. The average molecular weight is 427 g/mol. The molecule has 6 heteroatoms. The maximum atomic E-state index is 6.02. The number of nitrogens with zero attached hydrogens (tertiary/aromatic N) is 2. The molecule has 0 atom stereocenters. The van der Waals surface area contributed by atoms with Crippen LogP contribution in [0.15, 0.2) is 72.8 Å². The molecular formula is C26H26N4O2. The summed E-state index contributed by atoms with van der Waals surface area (Å²) in [6.07, 6.45) is 0. The minimum absolute atomic E-state index is 0.530. The molecule has 2 heterocycles. The second kappa shape index (κ2) is 8.77. The summed E-state index contributed by atoms with van der Waals surface area (Å²) in [5.41, 5.74) is 4.96. The Morgan fingerprint density at radius 3 is 2.50 bits per heavy atom. The van der Waals surface area contributed by atoms with Gasteiger partial charge >= 0.3 is 0 Å². The van der Waals surface area contributed by atoms with Gasteiger partial charge in [0, 0.05) is 28.9 Å². The van der Waals surface area contributed by atoms with Gasteiger partial charge in [-0.15, -0.1) is 0 Å². The van der Waals surface area contributed by atoms with E-state index in [1.807, 2.05) is 62.6 Å². The van der Waals surface area contributed by atoms with Crippen molar-refractivity contribution >= 4 is 21.8 Å².